The van der Waals surface area contributed by atoms with Gasteiger partial charge < -0.3 is 20.1 Å². The largest absolute Gasteiger partial charge is 0.463 e. The second-order valence-corrected chi connectivity index (χ2v) is 11.7. The van der Waals surface area contributed by atoms with E-state index in [0.717, 1.165) is 11.1 Å². The van der Waals surface area contributed by atoms with E-state index in [1.807, 2.05) is 93.6 Å². The molecular formula is C33H44N2O5. The smallest absolute Gasteiger partial charge is 0.309 e. The molecule has 0 saturated carbocycles. The molecule has 0 aliphatic carbocycles. The topological polar surface area (TPSA) is 95.9 Å². The third-order valence-corrected chi connectivity index (χ3v) is 7.41. The summed E-state index contributed by atoms with van der Waals surface area (Å²) in [6, 6.07) is 19.1. The number of aliphatic hydroxyl groups is 1. The summed E-state index contributed by atoms with van der Waals surface area (Å²) in [7, 11) is 0. The van der Waals surface area contributed by atoms with Crippen molar-refractivity contribution in [2.45, 2.75) is 65.5 Å². The Morgan fingerprint density at radius 2 is 1.62 bits per heavy atom. The molecule has 7 heteroatoms. The Bertz CT molecular complexity index is 1110. The molecule has 0 fully saturated rings. The van der Waals surface area contributed by atoms with E-state index < -0.39 is 12.0 Å². The first-order valence-electron chi connectivity index (χ1n) is 14.3. The van der Waals surface area contributed by atoms with Crippen molar-refractivity contribution in [3.63, 3.8) is 0 Å². The molecule has 0 radical (unpaired) electrons. The van der Waals surface area contributed by atoms with E-state index in [2.05, 4.69) is 5.32 Å². The minimum Gasteiger partial charge on any atom is -0.463 e. The highest BCUT2D eigenvalue weighted by Crippen LogP contribution is 2.24. The van der Waals surface area contributed by atoms with Crippen LogP contribution in [0.3, 0.4) is 0 Å². The number of hydrogen-bond acceptors (Lipinski definition) is 5. The lowest BCUT2D eigenvalue weighted by Gasteiger charge is -2.33. The number of nitrogens with zero attached hydrogens (tertiary/aromatic N) is 1. The molecule has 2 aromatic carbocycles. The number of carbonyl (C=O) groups is 3. The standard InChI is InChI=1S/C33H44N2O5/c1-33(2,3)29-24-40-32(39)28(21-25-13-7-4-8-14-25)18-12-6-11-17-27(31(38)34-29)22-30(37)35(19-20-36)23-26-15-9-5-10-16-26/h4-11,13-16,27-29,36H,12,17-24H2,1-3H3,(H,34,38). The van der Waals surface area contributed by atoms with Gasteiger partial charge in [0.2, 0.25) is 11.8 Å². The molecule has 0 aromatic heterocycles. The van der Waals surface area contributed by atoms with Gasteiger partial charge in [0.05, 0.1) is 24.5 Å². The fourth-order valence-electron chi connectivity index (χ4n) is 4.80. The van der Waals surface area contributed by atoms with Crippen molar-refractivity contribution in [1.29, 1.82) is 0 Å². The number of nitrogens with one attached hydrogen (secondary N) is 1. The zero-order valence-corrected chi connectivity index (χ0v) is 24.1. The highest BCUT2D eigenvalue weighted by Gasteiger charge is 2.32. The lowest BCUT2D eigenvalue weighted by Crippen LogP contribution is -2.50. The molecule has 3 rings (SSSR count). The lowest BCUT2D eigenvalue weighted by molar-refractivity contribution is -0.151. The average Bonchev–Trinajstić information content (AvgIpc) is 2.94. The van der Waals surface area contributed by atoms with Crippen LogP contribution in [0.1, 0.15) is 57.6 Å². The monoisotopic (exact) mass is 548 g/mol. The number of hydrogen-bond donors (Lipinski definition) is 2. The minimum atomic E-state index is -0.581. The molecule has 1 aliphatic rings. The number of cyclic esters (lactones) is 1. The molecule has 2 N–H and O–H groups in total. The van der Waals surface area contributed by atoms with Gasteiger partial charge in [-0.2, -0.15) is 0 Å². The van der Waals surface area contributed by atoms with Crippen molar-refractivity contribution in [1.82, 2.24) is 10.2 Å². The predicted octanol–water partition coefficient (Wildman–Crippen LogP) is 4.69. The van der Waals surface area contributed by atoms with Crippen molar-refractivity contribution >= 4 is 17.8 Å². The van der Waals surface area contributed by atoms with Gasteiger partial charge in [-0.1, -0.05) is 93.6 Å². The second kappa shape index (κ2) is 15.4. The Labute approximate surface area is 238 Å². The van der Waals surface area contributed by atoms with Crippen molar-refractivity contribution in [2.24, 2.45) is 17.3 Å². The third-order valence-electron chi connectivity index (χ3n) is 7.41. The van der Waals surface area contributed by atoms with Gasteiger partial charge in [-0.3, -0.25) is 14.4 Å². The quantitative estimate of drug-likeness (QED) is 0.369. The molecule has 1 heterocycles. The van der Waals surface area contributed by atoms with Crippen LogP contribution in [0.4, 0.5) is 0 Å². The van der Waals surface area contributed by atoms with Crippen LogP contribution < -0.4 is 5.32 Å². The maximum atomic E-state index is 13.5. The fraction of sp³-hybridized carbons (Fsp3) is 0.485. The first-order valence-corrected chi connectivity index (χ1v) is 14.3. The maximum absolute atomic E-state index is 13.5. The molecule has 0 bridgehead atoms. The van der Waals surface area contributed by atoms with E-state index in [4.69, 9.17) is 4.74 Å². The summed E-state index contributed by atoms with van der Waals surface area (Å²) in [5.41, 5.74) is 1.68. The summed E-state index contributed by atoms with van der Waals surface area (Å²) in [4.78, 5) is 41.6. The fourth-order valence-corrected chi connectivity index (χ4v) is 4.80. The zero-order valence-electron chi connectivity index (χ0n) is 24.1. The van der Waals surface area contributed by atoms with Gasteiger partial charge in [-0.15, -0.1) is 0 Å². The Morgan fingerprint density at radius 3 is 2.25 bits per heavy atom. The second-order valence-electron chi connectivity index (χ2n) is 11.7. The molecule has 0 saturated heterocycles. The normalized spacial score (nSPS) is 20.9. The number of amides is 2. The van der Waals surface area contributed by atoms with Crippen LogP contribution >= 0.6 is 0 Å². The summed E-state index contributed by atoms with van der Waals surface area (Å²) >= 11 is 0. The van der Waals surface area contributed by atoms with Crippen LogP contribution in [0.2, 0.25) is 0 Å². The van der Waals surface area contributed by atoms with Crippen LogP contribution in [-0.2, 0) is 32.1 Å². The van der Waals surface area contributed by atoms with Crippen LogP contribution in [-0.4, -0.2) is 53.6 Å². The van der Waals surface area contributed by atoms with Crippen molar-refractivity contribution in [3.05, 3.63) is 83.9 Å². The Hall–Kier alpha value is -3.45. The molecule has 0 spiro atoms. The van der Waals surface area contributed by atoms with Gasteiger partial charge in [-0.05, 0) is 42.2 Å². The number of rotatable bonds is 8. The zero-order chi connectivity index (χ0) is 29.0. The first kappa shape index (κ1) is 31.1. The van der Waals surface area contributed by atoms with Crippen LogP contribution in [0, 0.1) is 17.3 Å². The van der Waals surface area contributed by atoms with Crippen molar-refractivity contribution < 1.29 is 24.2 Å². The summed E-state index contributed by atoms with van der Waals surface area (Å²) < 4.78 is 5.80. The molecule has 40 heavy (non-hydrogen) atoms. The summed E-state index contributed by atoms with van der Waals surface area (Å²) in [5.74, 6) is -1.55. The number of aliphatic hydroxyl groups excluding tert-OH is 1. The van der Waals surface area contributed by atoms with Crippen LogP contribution in [0.5, 0.6) is 0 Å². The molecule has 3 unspecified atom stereocenters. The number of ether oxygens (including phenoxy) is 1. The summed E-state index contributed by atoms with van der Waals surface area (Å²) in [6.07, 6.45) is 6.27. The highest BCUT2D eigenvalue weighted by molar-refractivity contribution is 5.86. The number of esters is 1. The maximum Gasteiger partial charge on any atom is 0.309 e. The molecule has 2 amide bonds. The van der Waals surface area contributed by atoms with Crippen LogP contribution in [0.15, 0.2) is 72.8 Å². The average molecular weight is 549 g/mol. The number of allylic oxidation sites excluding steroid dienone is 2. The van der Waals surface area contributed by atoms with Gasteiger partial charge in [0.15, 0.2) is 0 Å². The third kappa shape index (κ3) is 9.94. The van der Waals surface area contributed by atoms with Gasteiger partial charge in [0.25, 0.3) is 0 Å². The minimum absolute atomic E-state index is 0.0241. The number of benzene rings is 2. The van der Waals surface area contributed by atoms with Crippen LogP contribution in [0.25, 0.3) is 0 Å². The number of carbonyl (C=O) groups excluding carboxylic acids is 3. The highest BCUT2D eigenvalue weighted by atomic mass is 16.5. The van der Waals surface area contributed by atoms with Crippen molar-refractivity contribution in [2.75, 3.05) is 19.8 Å². The summed E-state index contributed by atoms with van der Waals surface area (Å²) in [5, 5.41) is 12.7. The lowest BCUT2D eigenvalue weighted by atomic mass is 9.86. The van der Waals surface area contributed by atoms with E-state index in [-0.39, 0.29) is 55.3 Å². The van der Waals surface area contributed by atoms with E-state index >= 15 is 0 Å². The Balaban J connectivity index is 1.77. The predicted molar refractivity (Wildman–Crippen MR) is 156 cm³/mol. The molecule has 2 aromatic rings. The van der Waals surface area contributed by atoms with Gasteiger partial charge in [0, 0.05) is 19.5 Å². The van der Waals surface area contributed by atoms with E-state index in [1.165, 1.54) is 0 Å². The molecular weight excluding hydrogens is 504 g/mol. The van der Waals surface area contributed by atoms with Crippen molar-refractivity contribution in [3.8, 4) is 0 Å². The van der Waals surface area contributed by atoms with Gasteiger partial charge in [0.1, 0.15) is 6.61 Å². The van der Waals surface area contributed by atoms with E-state index in [9.17, 15) is 19.5 Å². The molecule has 1 aliphatic heterocycles. The molecule has 3 atom stereocenters. The molecule has 7 nitrogen and oxygen atoms in total. The summed E-state index contributed by atoms with van der Waals surface area (Å²) in [6.45, 7) is 6.46. The van der Waals surface area contributed by atoms with E-state index in [1.54, 1.807) is 4.90 Å². The van der Waals surface area contributed by atoms with E-state index in [0.29, 0.717) is 32.2 Å². The molecule has 216 valence electrons. The SMILES string of the molecule is CC(C)(C)C1COC(=O)C(Cc2ccccc2)CCC=CCC(CC(=O)N(CCO)Cc2ccccc2)C(=O)N1. The Kier molecular flexibility index (Phi) is 11.9. The Morgan fingerprint density at radius 1 is 0.975 bits per heavy atom. The van der Waals surface area contributed by atoms with Gasteiger partial charge in [-0.25, -0.2) is 0 Å². The first-order chi connectivity index (χ1) is 19.2. The van der Waals surface area contributed by atoms with Gasteiger partial charge >= 0.3 is 5.97 Å².